The molecule has 0 unspecified atom stereocenters. The largest absolute Gasteiger partial charge is 0.506 e. The number of alkyl halides is 1. The predicted octanol–water partition coefficient (Wildman–Crippen LogP) is 2.47. The first-order valence-electron chi connectivity index (χ1n) is 3.23. The molecule has 12 heavy (non-hydrogen) atoms. The average Bonchev–Trinajstić information content (AvgIpc) is 2.08. The molecule has 0 spiro atoms. The number of ketones is 1. The third kappa shape index (κ3) is 1.71. The summed E-state index contributed by atoms with van der Waals surface area (Å²) < 4.78 is 0. The fourth-order valence-electron chi connectivity index (χ4n) is 0.807. The Hall–Kier alpha value is -0.730. The third-order valence-electron chi connectivity index (χ3n) is 1.40. The smallest absolute Gasteiger partial charge is 0.179 e. The molecule has 0 aliphatic rings. The van der Waals surface area contributed by atoms with Crippen molar-refractivity contribution in [2.45, 2.75) is 0 Å². The number of rotatable bonds is 2. The highest BCUT2D eigenvalue weighted by molar-refractivity contribution is 6.38. The molecular weight excluding hydrogens is 199 g/mol. The van der Waals surface area contributed by atoms with Gasteiger partial charge in [-0.3, -0.25) is 4.79 Å². The van der Waals surface area contributed by atoms with Crippen LogP contribution in [0, 0.1) is 0 Å². The van der Waals surface area contributed by atoms with E-state index in [1.54, 1.807) is 6.07 Å². The van der Waals surface area contributed by atoms with E-state index in [0.717, 1.165) is 0 Å². The maximum Gasteiger partial charge on any atom is 0.179 e. The minimum Gasteiger partial charge on any atom is -0.506 e. The van der Waals surface area contributed by atoms with Gasteiger partial charge in [0.05, 0.1) is 10.9 Å². The van der Waals surface area contributed by atoms with Crippen LogP contribution in [0.2, 0.25) is 5.02 Å². The number of Topliss-reactive ketones (excluding diaryl/α,β-unsaturated/α-hetero) is 1. The van der Waals surface area contributed by atoms with Gasteiger partial charge in [-0.2, -0.15) is 0 Å². The predicted molar refractivity (Wildman–Crippen MR) is 48.2 cm³/mol. The molecule has 1 N–H and O–H groups in total. The molecule has 1 rings (SSSR count). The number of halogens is 2. The second-order valence-electron chi connectivity index (χ2n) is 2.20. The summed E-state index contributed by atoms with van der Waals surface area (Å²) in [5, 5.41) is 9.18. The molecule has 1 aromatic rings. The van der Waals surface area contributed by atoms with E-state index in [1.807, 2.05) is 0 Å². The normalized spacial score (nSPS) is 9.83. The molecule has 0 heterocycles. The SMILES string of the molecule is O=C(CCl)c1cccc(O)c1Cl. The average molecular weight is 205 g/mol. The Balaban J connectivity index is 3.16. The first-order valence-corrected chi connectivity index (χ1v) is 4.14. The molecule has 0 saturated heterocycles. The minimum atomic E-state index is -0.294. The molecule has 0 bridgehead atoms. The zero-order valence-corrected chi connectivity index (χ0v) is 7.56. The van der Waals surface area contributed by atoms with E-state index < -0.39 is 0 Å². The van der Waals surface area contributed by atoms with Crippen molar-refractivity contribution in [2.24, 2.45) is 0 Å². The van der Waals surface area contributed by atoms with Crippen molar-refractivity contribution in [3.63, 3.8) is 0 Å². The summed E-state index contributed by atoms with van der Waals surface area (Å²) in [6, 6.07) is 4.47. The van der Waals surface area contributed by atoms with E-state index in [9.17, 15) is 4.79 Å². The van der Waals surface area contributed by atoms with E-state index in [4.69, 9.17) is 28.3 Å². The molecule has 0 saturated carbocycles. The highest BCUT2D eigenvalue weighted by Crippen LogP contribution is 2.26. The number of benzene rings is 1. The summed E-state index contributed by atoms with van der Waals surface area (Å²) in [6.07, 6.45) is 0. The third-order valence-corrected chi connectivity index (χ3v) is 2.04. The second-order valence-corrected chi connectivity index (χ2v) is 2.84. The zero-order chi connectivity index (χ0) is 9.14. The maximum absolute atomic E-state index is 11.1. The Morgan fingerprint density at radius 2 is 2.17 bits per heavy atom. The summed E-state index contributed by atoms with van der Waals surface area (Å²) in [5.41, 5.74) is 0.256. The van der Waals surface area contributed by atoms with Gasteiger partial charge in [0.25, 0.3) is 0 Å². The molecule has 4 heteroatoms. The second kappa shape index (κ2) is 3.78. The van der Waals surface area contributed by atoms with Gasteiger partial charge >= 0.3 is 0 Å². The summed E-state index contributed by atoms with van der Waals surface area (Å²) in [5.74, 6) is -0.534. The van der Waals surface area contributed by atoms with E-state index in [1.165, 1.54) is 12.1 Å². The number of carbonyl (C=O) groups excluding carboxylic acids is 1. The van der Waals surface area contributed by atoms with Crippen LogP contribution in [-0.4, -0.2) is 16.8 Å². The standard InChI is InChI=1S/C8H6Cl2O2/c9-4-7(12)5-2-1-3-6(11)8(5)10/h1-3,11H,4H2. The fraction of sp³-hybridized carbons (Fsp3) is 0.125. The van der Waals surface area contributed by atoms with Crippen molar-refractivity contribution < 1.29 is 9.90 Å². The Kier molecular flexibility index (Phi) is 2.95. The Labute approximate surface area is 79.7 Å². The van der Waals surface area contributed by atoms with Crippen LogP contribution >= 0.6 is 23.2 Å². The van der Waals surface area contributed by atoms with Crippen LogP contribution in [-0.2, 0) is 0 Å². The van der Waals surface area contributed by atoms with Gasteiger partial charge in [-0.05, 0) is 12.1 Å². The van der Waals surface area contributed by atoms with E-state index in [0.29, 0.717) is 0 Å². The maximum atomic E-state index is 11.1. The van der Waals surface area contributed by atoms with Crippen molar-refractivity contribution in [3.8, 4) is 5.75 Å². The lowest BCUT2D eigenvalue weighted by Gasteiger charge is -2.01. The summed E-state index contributed by atoms with van der Waals surface area (Å²) in [7, 11) is 0. The number of carbonyl (C=O) groups is 1. The fourth-order valence-corrected chi connectivity index (χ4v) is 1.18. The van der Waals surface area contributed by atoms with Crippen LogP contribution in [0.25, 0.3) is 0 Å². The van der Waals surface area contributed by atoms with Crippen LogP contribution in [0.4, 0.5) is 0 Å². The van der Waals surface area contributed by atoms with E-state index >= 15 is 0 Å². The quantitative estimate of drug-likeness (QED) is 0.594. The number of phenols is 1. The van der Waals surface area contributed by atoms with Gasteiger partial charge < -0.3 is 5.11 Å². The molecule has 0 aliphatic carbocycles. The molecule has 64 valence electrons. The molecule has 0 fully saturated rings. The molecule has 0 aromatic heterocycles. The van der Waals surface area contributed by atoms with Crippen LogP contribution < -0.4 is 0 Å². The first kappa shape index (κ1) is 9.36. The number of phenolic OH excluding ortho intramolecular Hbond substituents is 1. The van der Waals surface area contributed by atoms with Gasteiger partial charge in [-0.25, -0.2) is 0 Å². The van der Waals surface area contributed by atoms with Gasteiger partial charge in [0.15, 0.2) is 5.78 Å². The van der Waals surface area contributed by atoms with Crippen molar-refractivity contribution in [1.29, 1.82) is 0 Å². The number of hydrogen-bond donors (Lipinski definition) is 1. The van der Waals surface area contributed by atoms with Crippen LogP contribution in [0.5, 0.6) is 5.75 Å². The van der Waals surface area contributed by atoms with Gasteiger partial charge in [0, 0.05) is 5.56 Å². The highest BCUT2D eigenvalue weighted by Gasteiger charge is 2.10. The van der Waals surface area contributed by atoms with Gasteiger partial charge in [-0.1, -0.05) is 17.7 Å². The van der Waals surface area contributed by atoms with Crippen LogP contribution in [0.1, 0.15) is 10.4 Å². The van der Waals surface area contributed by atoms with Gasteiger partial charge in [0.1, 0.15) is 5.75 Å². The molecular formula is C8H6Cl2O2. The zero-order valence-electron chi connectivity index (χ0n) is 6.05. The van der Waals surface area contributed by atoms with Crippen LogP contribution in [0.3, 0.4) is 0 Å². The molecule has 0 radical (unpaired) electrons. The van der Waals surface area contributed by atoms with Gasteiger partial charge in [-0.15, -0.1) is 11.6 Å². The minimum absolute atomic E-state index is 0.0585. The molecule has 0 aliphatic heterocycles. The van der Waals surface area contributed by atoms with Crippen LogP contribution in [0.15, 0.2) is 18.2 Å². The monoisotopic (exact) mass is 204 g/mol. The lowest BCUT2D eigenvalue weighted by Crippen LogP contribution is -2.00. The topological polar surface area (TPSA) is 37.3 Å². The molecule has 0 atom stereocenters. The first-order chi connectivity index (χ1) is 5.66. The summed E-state index contributed by atoms with van der Waals surface area (Å²) in [6.45, 7) is 0. The lowest BCUT2D eigenvalue weighted by molar-refractivity contribution is 0.102. The summed E-state index contributed by atoms with van der Waals surface area (Å²) in [4.78, 5) is 11.1. The number of hydrogen-bond acceptors (Lipinski definition) is 2. The Bertz CT molecular complexity index is 310. The van der Waals surface area contributed by atoms with Crippen molar-refractivity contribution in [3.05, 3.63) is 28.8 Å². The molecule has 0 amide bonds. The lowest BCUT2D eigenvalue weighted by atomic mass is 10.1. The van der Waals surface area contributed by atoms with E-state index in [2.05, 4.69) is 0 Å². The van der Waals surface area contributed by atoms with Crippen molar-refractivity contribution in [2.75, 3.05) is 5.88 Å². The van der Waals surface area contributed by atoms with Crippen molar-refractivity contribution >= 4 is 29.0 Å². The number of aromatic hydroxyl groups is 1. The summed E-state index contributed by atoms with van der Waals surface area (Å²) >= 11 is 11.0. The molecule has 2 nitrogen and oxygen atoms in total. The molecule has 1 aromatic carbocycles. The highest BCUT2D eigenvalue weighted by atomic mass is 35.5. The Morgan fingerprint density at radius 1 is 1.50 bits per heavy atom. The van der Waals surface area contributed by atoms with Crippen molar-refractivity contribution in [1.82, 2.24) is 0 Å². The van der Waals surface area contributed by atoms with E-state index in [-0.39, 0.29) is 28.0 Å². The Morgan fingerprint density at radius 3 is 2.75 bits per heavy atom. The van der Waals surface area contributed by atoms with Gasteiger partial charge in [0.2, 0.25) is 0 Å².